The van der Waals surface area contributed by atoms with E-state index in [2.05, 4.69) is 9.97 Å². The van der Waals surface area contributed by atoms with Gasteiger partial charge in [0.1, 0.15) is 0 Å². The van der Waals surface area contributed by atoms with Crippen LogP contribution < -0.4 is 0 Å². The molecule has 4 rings (SSSR count). The number of hydrogen-bond acceptors (Lipinski definition) is 2. The highest BCUT2D eigenvalue weighted by Gasteiger charge is 2.30. The summed E-state index contributed by atoms with van der Waals surface area (Å²) in [6.07, 6.45) is 2.13. The molecule has 5 nitrogen and oxygen atoms in total. The number of carbonyl (C=O) groups excluding carboxylic acids is 1. The predicted molar refractivity (Wildman–Crippen MR) is 84.7 cm³/mol. The van der Waals surface area contributed by atoms with Gasteiger partial charge in [-0.15, -0.1) is 0 Å². The molecule has 0 atom stereocenters. The number of carbonyl (C=O) groups is 1. The number of fused-ring (bicyclic) bond motifs is 3. The van der Waals surface area contributed by atoms with E-state index >= 15 is 0 Å². The molecule has 0 saturated carbocycles. The second-order valence-electron chi connectivity index (χ2n) is 5.63. The molecule has 0 aliphatic carbocycles. The fraction of sp³-hybridized carbons (Fsp3) is 0.294. The van der Waals surface area contributed by atoms with Gasteiger partial charge in [-0.25, -0.2) is 4.98 Å². The number of aryl methyl sites for hydroxylation is 2. The lowest BCUT2D eigenvalue weighted by Gasteiger charge is -2.27. The van der Waals surface area contributed by atoms with E-state index in [1.165, 1.54) is 4.57 Å². The number of hydrogen-bond donors (Lipinski definition) is 1. The second-order valence-corrected chi connectivity index (χ2v) is 5.63. The van der Waals surface area contributed by atoms with Crippen molar-refractivity contribution in [3.63, 3.8) is 0 Å². The van der Waals surface area contributed by atoms with Crippen LogP contribution in [0.25, 0.3) is 10.9 Å². The van der Waals surface area contributed by atoms with Gasteiger partial charge < -0.3 is 14.5 Å². The highest BCUT2D eigenvalue weighted by Crippen LogP contribution is 2.30. The standard InChI is InChI=1S/C17H18N4O/c1-11-13(19-10-18-11)9-21-8-7-15-16(17(21)22)12-5-3-4-6-14(12)20(15)2/h3-6,10H,7-9H2,1-2H3,(H,18,19)/i2+1D3. The van der Waals surface area contributed by atoms with Crippen LogP contribution >= 0.6 is 0 Å². The highest BCUT2D eigenvalue weighted by atomic mass is 16.2. The number of aromatic nitrogens is 3. The molecule has 1 N–H and O–H groups in total. The Bertz CT molecular complexity index is 970. The number of benzene rings is 1. The molecular formula is C17H18N4O. The summed E-state index contributed by atoms with van der Waals surface area (Å²) in [6, 6.07) is 7.20. The minimum Gasteiger partial charge on any atom is -0.348 e. The van der Waals surface area contributed by atoms with Gasteiger partial charge in [0.2, 0.25) is 0 Å². The molecule has 0 spiro atoms. The molecule has 0 bridgehead atoms. The Balaban J connectivity index is 1.83. The smallest absolute Gasteiger partial charge is 0.256 e. The van der Waals surface area contributed by atoms with Gasteiger partial charge in [-0.3, -0.25) is 4.79 Å². The summed E-state index contributed by atoms with van der Waals surface area (Å²) in [5.41, 5.74) is 3.45. The summed E-state index contributed by atoms with van der Waals surface area (Å²) in [4.78, 5) is 22.1. The van der Waals surface area contributed by atoms with E-state index in [4.69, 9.17) is 4.11 Å². The molecule has 0 unspecified atom stereocenters. The van der Waals surface area contributed by atoms with Crippen LogP contribution in [0.3, 0.4) is 0 Å². The molecule has 3 aromatic rings. The van der Waals surface area contributed by atoms with Crippen LogP contribution in [0.2, 0.25) is 0 Å². The number of nitrogens with one attached hydrogen (secondary N) is 1. The van der Waals surface area contributed by atoms with Crippen molar-refractivity contribution < 1.29 is 8.91 Å². The largest absolute Gasteiger partial charge is 0.348 e. The number of amides is 1. The molecule has 1 amide bonds. The third kappa shape index (κ3) is 1.78. The van der Waals surface area contributed by atoms with Crippen LogP contribution in [0.5, 0.6) is 0 Å². The number of para-hydroxylation sites is 1. The van der Waals surface area contributed by atoms with Crippen molar-refractivity contribution in [1.82, 2.24) is 19.4 Å². The van der Waals surface area contributed by atoms with Gasteiger partial charge in [-0.1, -0.05) is 18.2 Å². The summed E-state index contributed by atoms with van der Waals surface area (Å²) >= 11 is 0. The van der Waals surface area contributed by atoms with Gasteiger partial charge in [-0.05, 0) is 13.0 Å². The molecule has 0 radical (unpaired) electrons. The zero-order valence-corrected chi connectivity index (χ0v) is 12.3. The van der Waals surface area contributed by atoms with Crippen LogP contribution in [0.1, 0.15) is 31.6 Å². The summed E-state index contributed by atoms with van der Waals surface area (Å²) in [6.45, 7) is 0.503. The lowest BCUT2D eigenvalue weighted by molar-refractivity contribution is 0.0725. The van der Waals surface area contributed by atoms with Gasteiger partial charge in [0.15, 0.2) is 0 Å². The van der Waals surface area contributed by atoms with Gasteiger partial charge in [0, 0.05) is 46.3 Å². The maximum Gasteiger partial charge on any atom is 0.256 e. The second kappa shape index (κ2) is 4.73. The Kier molecular flexibility index (Phi) is 2.20. The maximum atomic E-state index is 13.1. The Morgan fingerprint density at radius 2 is 2.27 bits per heavy atom. The molecule has 3 heterocycles. The fourth-order valence-electron chi connectivity index (χ4n) is 3.15. The third-order valence-corrected chi connectivity index (χ3v) is 4.37. The van der Waals surface area contributed by atoms with E-state index in [1.807, 2.05) is 19.1 Å². The van der Waals surface area contributed by atoms with Crippen LogP contribution in [-0.4, -0.2) is 31.9 Å². The fourth-order valence-corrected chi connectivity index (χ4v) is 3.15. The molecular weight excluding hydrogens is 277 g/mol. The van der Waals surface area contributed by atoms with Crippen molar-refractivity contribution >= 4 is 16.8 Å². The first-order chi connectivity index (χ1) is 11.9. The van der Waals surface area contributed by atoms with Crippen molar-refractivity contribution in [2.24, 2.45) is 6.98 Å². The summed E-state index contributed by atoms with van der Waals surface area (Å²) in [7, 11) is 0. The number of H-pyrrole nitrogens is 1. The van der Waals surface area contributed by atoms with Crippen molar-refractivity contribution in [2.45, 2.75) is 19.9 Å². The van der Waals surface area contributed by atoms with Crippen LogP contribution in [-0.2, 0) is 19.9 Å². The Morgan fingerprint density at radius 1 is 1.41 bits per heavy atom. The van der Waals surface area contributed by atoms with Gasteiger partial charge in [0.25, 0.3) is 5.91 Å². The monoisotopic (exact) mass is 298 g/mol. The lowest BCUT2D eigenvalue weighted by atomic mass is 10.0. The zero-order chi connectivity index (χ0) is 17.8. The number of nitrogens with zero attached hydrogens (tertiary/aromatic N) is 3. The molecule has 0 saturated heterocycles. The van der Waals surface area contributed by atoms with Gasteiger partial charge in [-0.2, -0.15) is 0 Å². The molecule has 1 aliphatic rings. The molecule has 112 valence electrons. The quantitative estimate of drug-likeness (QED) is 0.739. The lowest BCUT2D eigenvalue weighted by Crippen LogP contribution is -2.37. The first kappa shape index (κ1) is 10.2. The SMILES string of the molecule is [2H][13C]([2H])([2H])n1c2c(c3ccccc31)C(=O)N(Cc1nc[nH]c1C)CC2. The zero-order valence-electron chi connectivity index (χ0n) is 15.3. The average molecular weight is 298 g/mol. The maximum absolute atomic E-state index is 13.1. The van der Waals surface area contributed by atoms with E-state index < -0.39 is 6.98 Å². The third-order valence-electron chi connectivity index (χ3n) is 4.37. The predicted octanol–water partition coefficient (Wildman–Crippen LogP) is 2.41. The summed E-state index contributed by atoms with van der Waals surface area (Å²) in [5, 5.41) is 0.696. The van der Waals surface area contributed by atoms with Crippen molar-refractivity contribution in [2.75, 3.05) is 6.54 Å². The molecule has 2 aromatic heterocycles. The van der Waals surface area contributed by atoms with Crippen LogP contribution in [0.4, 0.5) is 0 Å². The summed E-state index contributed by atoms with van der Waals surface area (Å²) < 4.78 is 25.0. The molecule has 1 aliphatic heterocycles. The Hall–Kier alpha value is -2.56. The van der Waals surface area contributed by atoms with Crippen molar-refractivity contribution in [3.8, 4) is 0 Å². The van der Waals surface area contributed by atoms with E-state index in [1.54, 1.807) is 23.4 Å². The number of aromatic amines is 1. The molecule has 0 fully saturated rings. The van der Waals surface area contributed by atoms with E-state index in [0.717, 1.165) is 11.4 Å². The topological polar surface area (TPSA) is 53.9 Å². The van der Waals surface area contributed by atoms with E-state index in [-0.39, 0.29) is 5.91 Å². The first-order valence-electron chi connectivity index (χ1n) is 8.79. The van der Waals surface area contributed by atoms with Gasteiger partial charge >= 0.3 is 0 Å². The van der Waals surface area contributed by atoms with Gasteiger partial charge in [0.05, 0.1) is 24.1 Å². The van der Waals surface area contributed by atoms with Crippen LogP contribution in [0, 0.1) is 6.92 Å². The summed E-state index contributed by atoms with van der Waals surface area (Å²) in [5.74, 6) is -0.136. The molecule has 5 heteroatoms. The Morgan fingerprint density at radius 3 is 3.05 bits per heavy atom. The number of rotatable bonds is 2. The minimum absolute atomic E-state index is 0.136. The molecule has 1 aromatic carbocycles. The Labute approximate surface area is 132 Å². The van der Waals surface area contributed by atoms with Crippen molar-refractivity contribution in [1.29, 1.82) is 0 Å². The van der Waals surface area contributed by atoms with E-state index in [0.29, 0.717) is 41.7 Å². The minimum atomic E-state index is -2.31. The normalized spacial score (nSPS) is 17.2. The molecule has 22 heavy (non-hydrogen) atoms. The number of imidazole rings is 1. The average Bonchev–Trinajstić information content (AvgIpc) is 3.11. The van der Waals surface area contributed by atoms with E-state index in [9.17, 15) is 4.79 Å². The highest BCUT2D eigenvalue weighted by molar-refractivity contribution is 6.09. The van der Waals surface area contributed by atoms with Crippen LogP contribution in [0.15, 0.2) is 30.6 Å². The first-order valence-corrected chi connectivity index (χ1v) is 7.29. The van der Waals surface area contributed by atoms with Crippen molar-refractivity contribution in [3.05, 3.63) is 53.2 Å².